The van der Waals surface area contributed by atoms with Crippen molar-refractivity contribution in [1.29, 1.82) is 0 Å². The van der Waals surface area contributed by atoms with Crippen LogP contribution in [0.3, 0.4) is 0 Å². The third-order valence-corrected chi connectivity index (χ3v) is 3.13. The summed E-state index contributed by atoms with van der Waals surface area (Å²) in [6.45, 7) is 0.573. The third-order valence-electron chi connectivity index (χ3n) is 2.35. The molecular weight excluding hydrogens is 198 g/mol. The molecule has 2 rings (SSSR count). The van der Waals surface area contributed by atoms with E-state index in [-0.39, 0.29) is 6.03 Å². The number of carbonyl (C=O) groups excluding carboxylic acids is 1. The summed E-state index contributed by atoms with van der Waals surface area (Å²) in [5.74, 6) is 0. The van der Waals surface area contributed by atoms with Gasteiger partial charge < -0.3 is 10.6 Å². The van der Waals surface area contributed by atoms with Crippen molar-refractivity contribution in [2.24, 2.45) is 0 Å². The second-order valence-corrected chi connectivity index (χ2v) is 4.39. The first-order valence-electron chi connectivity index (χ1n) is 4.76. The standard InChI is InChI=1S/C9H13N3OS/c13-9(12-7-2-1-3-7)11-5-8-4-10-6-14-8/h4,6-7H,1-3,5H2,(H2,11,12,13). The van der Waals surface area contributed by atoms with Gasteiger partial charge in [-0.2, -0.15) is 0 Å². The normalized spacial score (nSPS) is 16.0. The molecule has 1 fully saturated rings. The highest BCUT2D eigenvalue weighted by atomic mass is 32.1. The Hall–Kier alpha value is -1.10. The van der Waals surface area contributed by atoms with Crippen LogP contribution >= 0.6 is 11.3 Å². The topological polar surface area (TPSA) is 54.0 Å². The Morgan fingerprint density at radius 1 is 1.64 bits per heavy atom. The third kappa shape index (κ3) is 2.45. The molecule has 0 bridgehead atoms. The SMILES string of the molecule is O=C(NCc1cncs1)NC1CCC1. The summed E-state index contributed by atoms with van der Waals surface area (Å²) in [7, 11) is 0. The molecule has 0 saturated heterocycles. The van der Waals surface area contributed by atoms with E-state index in [2.05, 4.69) is 15.6 Å². The van der Waals surface area contributed by atoms with E-state index in [1.807, 2.05) is 0 Å². The zero-order valence-electron chi connectivity index (χ0n) is 7.82. The minimum Gasteiger partial charge on any atom is -0.335 e. The van der Waals surface area contributed by atoms with Gasteiger partial charge >= 0.3 is 6.03 Å². The highest BCUT2D eigenvalue weighted by Crippen LogP contribution is 2.17. The van der Waals surface area contributed by atoms with Crippen LogP contribution in [0.25, 0.3) is 0 Å². The molecule has 0 aromatic carbocycles. The van der Waals surface area contributed by atoms with E-state index < -0.39 is 0 Å². The van der Waals surface area contributed by atoms with E-state index in [1.165, 1.54) is 6.42 Å². The number of nitrogens with one attached hydrogen (secondary N) is 2. The molecule has 4 nitrogen and oxygen atoms in total. The van der Waals surface area contributed by atoms with Gasteiger partial charge in [-0.05, 0) is 19.3 Å². The number of urea groups is 1. The molecule has 1 aliphatic carbocycles. The number of nitrogens with zero attached hydrogens (tertiary/aromatic N) is 1. The zero-order chi connectivity index (χ0) is 9.80. The maximum absolute atomic E-state index is 11.3. The fourth-order valence-electron chi connectivity index (χ4n) is 1.29. The lowest BCUT2D eigenvalue weighted by atomic mass is 9.93. The van der Waals surface area contributed by atoms with Crippen molar-refractivity contribution in [3.05, 3.63) is 16.6 Å². The van der Waals surface area contributed by atoms with Gasteiger partial charge in [-0.25, -0.2) is 4.79 Å². The van der Waals surface area contributed by atoms with Crippen molar-refractivity contribution in [1.82, 2.24) is 15.6 Å². The molecule has 0 unspecified atom stereocenters. The fourth-order valence-corrected chi connectivity index (χ4v) is 1.82. The van der Waals surface area contributed by atoms with Gasteiger partial charge in [-0.3, -0.25) is 4.98 Å². The number of amides is 2. The van der Waals surface area contributed by atoms with Gasteiger partial charge in [-0.1, -0.05) is 0 Å². The van der Waals surface area contributed by atoms with Crippen molar-refractivity contribution in [2.45, 2.75) is 31.8 Å². The molecule has 2 amide bonds. The van der Waals surface area contributed by atoms with Gasteiger partial charge in [-0.15, -0.1) is 11.3 Å². The van der Waals surface area contributed by atoms with Crippen molar-refractivity contribution >= 4 is 17.4 Å². The van der Waals surface area contributed by atoms with E-state index in [0.29, 0.717) is 12.6 Å². The van der Waals surface area contributed by atoms with Crippen LogP contribution in [0.1, 0.15) is 24.1 Å². The van der Waals surface area contributed by atoms with Crippen LogP contribution in [0.5, 0.6) is 0 Å². The molecule has 14 heavy (non-hydrogen) atoms. The lowest BCUT2D eigenvalue weighted by Crippen LogP contribution is -2.44. The molecule has 1 heterocycles. The molecule has 1 aromatic heterocycles. The second-order valence-electron chi connectivity index (χ2n) is 3.42. The first kappa shape index (κ1) is 9.45. The van der Waals surface area contributed by atoms with E-state index in [9.17, 15) is 4.79 Å². The second kappa shape index (κ2) is 4.41. The summed E-state index contributed by atoms with van der Waals surface area (Å²) in [5, 5.41) is 5.72. The van der Waals surface area contributed by atoms with Gasteiger partial charge in [0.05, 0.1) is 12.1 Å². The lowest BCUT2D eigenvalue weighted by Gasteiger charge is -2.26. The molecule has 5 heteroatoms. The molecule has 0 atom stereocenters. The average molecular weight is 211 g/mol. The summed E-state index contributed by atoms with van der Waals surface area (Å²) < 4.78 is 0. The molecule has 0 spiro atoms. The average Bonchev–Trinajstić information content (AvgIpc) is 2.60. The maximum atomic E-state index is 11.3. The number of rotatable bonds is 3. The van der Waals surface area contributed by atoms with E-state index in [1.54, 1.807) is 23.0 Å². The van der Waals surface area contributed by atoms with E-state index >= 15 is 0 Å². The largest absolute Gasteiger partial charge is 0.335 e. The molecule has 0 aliphatic heterocycles. The van der Waals surface area contributed by atoms with Gasteiger partial charge in [0, 0.05) is 17.1 Å². The molecule has 1 saturated carbocycles. The summed E-state index contributed by atoms with van der Waals surface area (Å²) in [6, 6.07) is 0.333. The summed E-state index contributed by atoms with van der Waals surface area (Å²) in [6.07, 6.45) is 5.25. The Kier molecular flexibility index (Phi) is 2.98. The van der Waals surface area contributed by atoms with Gasteiger partial charge in [0.15, 0.2) is 0 Å². The van der Waals surface area contributed by atoms with E-state index in [0.717, 1.165) is 17.7 Å². The van der Waals surface area contributed by atoms with Crippen molar-refractivity contribution in [2.75, 3.05) is 0 Å². The molecule has 76 valence electrons. The minimum absolute atomic E-state index is 0.0666. The zero-order valence-corrected chi connectivity index (χ0v) is 8.64. The molecule has 1 aliphatic rings. The number of hydrogen-bond acceptors (Lipinski definition) is 3. The monoisotopic (exact) mass is 211 g/mol. The summed E-state index contributed by atoms with van der Waals surface area (Å²) >= 11 is 1.55. The first-order chi connectivity index (χ1) is 6.84. The molecule has 2 N–H and O–H groups in total. The van der Waals surface area contributed by atoms with Crippen molar-refractivity contribution in [3.8, 4) is 0 Å². The smallest absolute Gasteiger partial charge is 0.315 e. The highest BCUT2D eigenvalue weighted by Gasteiger charge is 2.18. The quantitative estimate of drug-likeness (QED) is 0.796. The summed E-state index contributed by atoms with van der Waals surface area (Å²) in [5.41, 5.74) is 1.76. The van der Waals surface area contributed by atoms with Crippen LogP contribution in [0.2, 0.25) is 0 Å². The molecule has 1 aromatic rings. The number of carbonyl (C=O) groups is 1. The Labute approximate surface area is 86.7 Å². The minimum atomic E-state index is -0.0666. The number of hydrogen-bond donors (Lipinski definition) is 2. The number of aromatic nitrogens is 1. The summed E-state index contributed by atoms with van der Waals surface area (Å²) in [4.78, 5) is 16.3. The Bertz CT molecular complexity index is 295. The van der Waals surface area contributed by atoms with Gasteiger partial charge in [0.25, 0.3) is 0 Å². The van der Waals surface area contributed by atoms with Gasteiger partial charge in [0.1, 0.15) is 0 Å². The van der Waals surface area contributed by atoms with Crippen LogP contribution in [0, 0.1) is 0 Å². The number of thiazole rings is 1. The Morgan fingerprint density at radius 3 is 3.07 bits per heavy atom. The van der Waals surface area contributed by atoms with Crippen LogP contribution in [0.15, 0.2) is 11.7 Å². The van der Waals surface area contributed by atoms with Crippen LogP contribution in [-0.2, 0) is 6.54 Å². The Balaban J connectivity index is 1.67. The van der Waals surface area contributed by atoms with E-state index in [4.69, 9.17) is 0 Å². The molecule has 0 radical (unpaired) electrons. The lowest BCUT2D eigenvalue weighted by molar-refractivity contribution is 0.228. The van der Waals surface area contributed by atoms with Crippen molar-refractivity contribution in [3.63, 3.8) is 0 Å². The fraction of sp³-hybridized carbons (Fsp3) is 0.556. The van der Waals surface area contributed by atoms with Crippen LogP contribution in [0.4, 0.5) is 4.79 Å². The van der Waals surface area contributed by atoms with Gasteiger partial charge in [0.2, 0.25) is 0 Å². The predicted molar refractivity (Wildman–Crippen MR) is 55.1 cm³/mol. The van der Waals surface area contributed by atoms with Crippen LogP contribution in [-0.4, -0.2) is 17.1 Å². The maximum Gasteiger partial charge on any atom is 0.315 e. The predicted octanol–water partition coefficient (Wildman–Crippen LogP) is 1.49. The first-order valence-corrected chi connectivity index (χ1v) is 5.64. The Morgan fingerprint density at radius 2 is 2.50 bits per heavy atom. The van der Waals surface area contributed by atoms with Crippen molar-refractivity contribution < 1.29 is 4.79 Å². The highest BCUT2D eigenvalue weighted by molar-refractivity contribution is 7.09. The molecular formula is C9H13N3OS. The van der Waals surface area contributed by atoms with Crippen LogP contribution < -0.4 is 10.6 Å².